The van der Waals surface area contributed by atoms with E-state index in [0.717, 1.165) is 25.8 Å². The van der Waals surface area contributed by atoms with Crippen LogP contribution in [0.15, 0.2) is 18.2 Å². The third kappa shape index (κ3) is 6.12. The topological polar surface area (TPSA) is 40.5 Å². The van der Waals surface area contributed by atoms with Crippen molar-refractivity contribution in [2.24, 2.45) is 5.92 Å². The molecule has 0 saturated carbocycles. The standard InChI is InChI=1S/C15H21Cl2NO2/c1-11(15(19)20)10-18(2)8-4-3-5-12-6-7-13(16)14(17)9-12/h6-7,9,11H,3-5,8,10H2,1-2H3,(H,19,20). The molecule has 0 amide bonds. The highest BCUT2D eigenvalue weighted by Gasteiger charge is 2.12. The molecular weight excluding hydrogens is 297 g/mol. The molecule has 0 aliphatic rings. The van der Waals surface area contributed by atoms with Gasteiger partial charge >= 0.3 is 5.97 Å². The maximum absolute atomic E-state index is 10.8. The Morgan fingerprint density at radius 3 is 2.60 bits per heavy atom. The van der Waals surface area contributed by atoms with E-state index in [0.29, 0.717) is 16.6 Å². The highest BCUT2D eigenvalue weighted by molar-refractivity contribution is 6.42. The molecule has 0 aromatic heterocycles. The van der Waals surface area contributed by atoms with Crippen LogP contribution in [-0.2, 0) is 11.2 Å². The summed E-state index contributed by atoms with van der Waals surface area (Å²) in [7, 11) is 1.96. The van der Waals surface area contributed by atoms with Crippen molar-refractivity contribution in [1.29, 1.82) is 0 Å². The number of carboxylic acids is 1. The van der Waals surface area contributed by atoms with E-state index in [2.05, 4.69) is 4.90 Å². The van der Waals surface area contributed by atoms with Crippen molar-refractivity contribution in [2.75, 3.05) is 20.1 Å². The third-order valence-electron chi connectivity index (χ3n) is 3.25. The summed E-state index contributed by atoms with van der Waals surface area (Å²) in [4.78, 5) is 12.8. The maximum atomic E-state index is 10.8. The number of halogens is 2. The summed E-state index contributed by atoms with van der Waals surface area (Å²) in [6, 6.07) is 5.71. The van der Waals surface area contributed by atoms with Crippen molar-refractivity contribution in [1.82, 2.24) is 4.90 Å². The number of benzene rings is 1. The van der Waals surface area contributed by atoms with Crippen LogP contribution in [0.1, 0.15) is 25.3 Å². The number of nitrogens with zero attached hydrogens (tertiary/aromatic N) is 1. The SMILES string of the molecule is CC(CN(C)CCCCc1ccc(Cl)c(Cl)c1)C(=O)O. The Bertz CT molecular complexity index is 451. The largest absolute Gasteiger partial charge is 0.481 e. The lowest BCUT2D eigenvalue weighted by molar-refractivity contribution is -0.141. The minimum Gasteiger partial charge on any atom is -0.481 e. The second-order valence-corrected chi connectivity index (χ2v) is 6.02. The summed E-state index contributed by atoms with van der Waals surface area (Å²) < 4.78 is 0. The Morgan fingerprint density at radius 2 is 2.00 bits per heavy atom. The van der Waals surface area contributed by atoms with Gasteiger partial charge in [-0.05, 0) is 50.6 Å². The molecule has 1 N–H and O–H groups in total. The lowest BCUT2D eigenvalue weighted by Crippen LogP contribution is -2.29. The van der Waals surface area contributed by atoms with Crippen molar-refractivity contribution in [3.63, 3.8) is 0 Å². The van der Waals surface area contributed by atoms with Gasteiger partial charge in [0.05, 0.1) is 16.0 Å². The third-order valence-corrected chi connectivity index (χ3v) is 3.99. The summed E-state index contributed by atoms with van der Waals surface area (Å²) in [5, 5.41) is 10.0. The second kappa shape index (κ2) is 8.50. The van der Waals surface area contributed by atoms with Crippen LogP contribution >= 0.6 is 23.2 Å². The van der Waals surface area contributed by atoms with Gasteiger partial charge in [-0.2, -0.15) is 0 Å². The molecule has 0 aliphatic heterocycles. The van der Waals surface area contributed by atoms with E-state index < -0.39 is 5.97 Å². The zero-order chi connectivity index (χ0) is 15.1. The van der Waals surface area contributed by atoms with Gasteiger partial charge in [0.1, 0.15) is 0 Å². The fraction of sp³-hybridized carbons (Fsp3) is 0.533. The van der Waals surface area contributed by atoms with Gasteiger partial charge in [0.2, 0.25) is 0 Å². The molecule has 0 radical (unpaired) electrons. The molecule has 1 atom stereocenters. The van der Waals surface area contributed by atoms with Crippen LogP contribution in [0, 0.1) is 5.92 Å². The van der Waals surface area contributed by atoms with Crippen molar-refractivity contribution >= 4 is 29.2 Å². The predicted octanol–water partition coefficient (Wildman–Crippen LogP) is 3.97. The molecule has 0 spiro atoms. The van der Waals surface area contributed by atoms with E-state index in [9.17, 15) is 4.79 Å². The Hall–Kier alpha value is -0.770. The molecule has 5 heteroatoms. The summed E-state index contributed by atoms with van der Waals surface area (Å²) in [5.74, 6) is -1.07. The van der Waals surface area contributed by atoms with Gasteiger partial charge in [-0.15, -0.1) is 0 Å². The molecule has 1 rings (SSSR count). The summed E-state index contributed by atoms with van der Waals surface area (Å²) in [6.07, 6.45) is 3.03. The number of hydrogen-bond acceptors (Lipinski definition) is 2. The molecule has 0 bridgehead atoms. The van der Waals surface area contributed by atoms with Gasteiger partial charge in [-0.25, -0.2) is 0 Å². The van der Waals surface area contributed by atoms with Crippen LogP contribution < -0.4 is 0 Å². The summed E-state index contributed by atoms with van der Waals surface area (Å²) in [6.45, 7) is 3.22. The zero-order valence-electron chi connectivity index (χ0n) is 11.9. The fourth-order valence-electron chi connectivity index (χ4n) is 2.04. The van der Waals surface area contributed by atoms with Gasteiger partial charge in [0, 0.05) is 6.54 Å². The first-order chi connectivity index (χ1) is 9.40. The van der Waals surface area contributed by atoms with Gasteiger partial charge in [0.15, 0.2) is 0 Å². The Labute approximate surface area is 130 Å². The van der Waals surface area contributed by atoms with Crippen LogP contribution in [0.25, 0.3) is 0 Å². The molecule has 1 aromatic carbocycles. The van der Waals surface area contributed by atoms with E-state index in [-0.39, 0.29) is 5.92 Å². The highest BCUT2D eigenvalue weighted by Crippen LogP contribution is 2.23. The molecule has 20 heavy (non-hydrogen) atoms. The quantitative estimate of drug-likeness (QED) is 0.737. The molecule has 0 heterocycles. The molecule has 1 unspecified atom stereocenters. The van der Waals surface area contributed by atoms with Gasteiger partial charge in [-0.1, -0.05) is 36.2 Å². The normalized spacial score (nSPS) is 12.7. The van der Waals surface area contributed by atoms with Crippen molar-refractivity contribution in [2.45, 2.75) is 26.2 Å². The highest BCUT2D eigenvalue weighted by atomic mass is 35.5. The van der Waals surface area contributed by atoms with Crippen molar-refractivity contribution in [3.05, 3.63) is 33.8 Å². The molecule has 0 aliphatic carbocycles. The molecule has 0 fully saturated rings. The lowest BCUT2D eigenvalue weighted by Gasteiger charge is -2.18. The summed E-state index contributed by atoms with van der Waals surface area (Å²) >= 11 is 11.8. The van der Waals surface area contributed by atoms with E-state index >= 15 is 0 Å². The number of unbranched alkanes of at least 4 members (excludes halogenated alkanes) is 1. The monoisotopic (exact) mass is 317 g/mol. The summed E-state index contributed by atoms with van der Waals surface area (Å²) in [5.41, 5.74) is 1.18. The van der Waals surface area contributed by atoms with Crippen LogP contribution in [-0.4, -0.2) is 36.1 Å². The van der Waals surface area contributed by atoms with Gasteiger partial charge < -0.3 is 10.0 Å². The first-order valence-corrected chi connectivity index (χ1v) is 7.51. The predicted molar refractivity (Wildman–Crippen MR) is 83.7 cm³/mol. The first-order valence-electron chi connectivity index (χ1n) is 6.75. The smallest absolute Gasteiger partial charge is 0.307 e. The number of hydrogen-bond donors (Lipinski definition) is 1. The number of aliphatic carboxylic acids is 1. The number of rotatable bonds is 8. The second-order valence-electron chi connectivity index (χ2n) is 5.21. The molecule has 1 aromatic rings. The fourth-order valence-corrected chi connectivity index (χ4v) is 2.36. The van der Waals surface area contributed by atoms with Crippen LogP contribution in [0.4, 0.5) is 0 Å². The average Bonchev–Trinajstić information content (AvgIpc) is 2.38. The van der Waals surface area contributed by atoms with Crippen molar-refractivity contribution < 1.29 is 9.90 Å². The van der Waals surface area contributed by atoms with E-state index in [1.807, 2.05) is 25.2 Å². The number of carbonyl (C=O) groups is 1. The number of aryl methyl sites for hydroxylation is 1. The van der Waals surface area contributed by atoms with Crippen LogP contribution in [0.5, 0.6) is 0 Å². The molecule has 0 saturated heterocycles. The maximum Gasteiger partial charge on any atom is 0.307 e. The van der Waals surface area contributed by atoms with Crippen LogP contribution in [0.3, 0.4) is 0 Å². The van der Waals surface area contributed by atoms with Gasteiger partial charge in [0.25, 0.3) is 0 Å². The minimum atomic E-state index is -0.743. The molecule has 112 valence electrons. The minimum absolute atomic E-state index is 0.324. The molecule has 3 nitrogen and oxygen atoms in total. The van der Waals surface area contributed by atoms with E-state index in [1.54, 1.807) is 6.92 Å². The van der Waals surface area contributed by atoms with Crippen LogP contribution in [0.2, 0.25) is 10.0 Å². The lowest BCUT2D eigenvalue weighted by atomic mass is 10.1. The van der Waals surface area contributed by atoms with E-state index in [4.69, 9.17) is 28.3 Å². The van der Waals surface area contributed by atoms with E-state index in [1.165, 1.54) is 5.56 Å². The average molecular weight is 318 g/mol. The van der Waals surface area contributed by atoms with Crippen molar-refractivity contribution in [3.8, 4) is 0 Å². The molecular formula is C15H21Cl2NO2. The zero-order valence-corrected chi connectivity index (χ0v) is 13.4. The Morgan fingerprint density at radius 1 is 1.30 bits per heavy atom. The Kier molecular flexibility index (Phi) is 7.35. The number of carboxylic acid groups (broad SMARTS) is 1. The Balaban J connectivity index is 2.24. The first kappa shape index (κ1) is 17.3. The van der Waals surface area contributed by atoms with Gasteiger partial charge in [-0.3, -0.25) is 4.79 Å².